The third-order valence-corrected chi connectivity index (χ3v) is 5.54. The zero-order valence-electron chi connectivity index (χ0n) is 16.0. The third kappa shape index (κ3) is 4.75. The third-order valence-electron chi connectivity index (χ3n) is 4.16. The molecule has 0 bridgehead atoms. The highest BCUT2D eigenvalue weighted by Gasteiger charge is 2.31. The molecule has 0 aliphatic carbocycles. The van der Waals surface area contributed by atoms with Crippen LogP contribution in [-0.2, 0) is 4.79 Å². The highest BCUT2D eigenvalue weighted by molar-refractivity contribution is 8.26. The molecule has 148 valence electrons. The smallest absolute Gasteiger partial charge is 0.343 e. The van der Waals surface area contributed by atoms with Crippen LogP contribution in [-0.4, -0.2) is 34.8 Å². The summed E-state index contributed by atoms with van der Waals surface area (Å²) in [6.07, 6.45) is 3.37. The molecule has 29 heavy (non-hydrogen) atoms. The molecule has 1 heterocycles. The molecule has 0 radical (unpaired) electrons. The van der Waals surface area contributed by atoms with E-state index in [1.807, 2.05) is 19.1 Å². The zero-order valence-corrected chi connectivity index (χ0v) is 17.6. The second-order valence-electron chi connectivity index (χ2n) is 6.25. The number of esters is 1. The molecule has 0 saturated carbocycles. The Kier molecular flexibility index (Phi) is 6.51. The summed E-state index contributed by atoms with van der Waals surface area (Å²) in [6.45, 7) is 5.96. The summed E-state index contributed by atoms with van der Waals surface area (Å²) in [5.41, 5.74) is 2.24. The van der Waals surface area contributed by atoms with Gasteiger partial charge in [0.1, 0.15) is 4.32 Å². The van der Waals surface area contributed by atoms with Crippen molar-refractivity contribution in [3.8, 4) is 11.5 Å². The van der Waals surface area contributed by atoms with Crippen molar-refractivity contribution in [1.29, 1.82) is 0 Å². The van der Waals surface area contributed by atoms with Crippen LogP contribution in [0.5, 0.6) is 11.5 Å². The number of carbonyl (C=O) groups excluding carboxylic acids is 2. The summed E-state index contributed by atoms with van der Waals surface area (Å²) in [5.74, 6) is 0.0605. The molecule has 0 atom stereocenters. The van der Waals surface area contributed by atoms with Gasteiger partial charge in [0.15, 0.2) is 11.5 Å². The van der Waals surface area contributed by atoms with Gasteiger partial charge in [-0.15, -0.1) is 6.58 Å². The predicted octanol–water partition coefficient (Wildman–Crippen LogP) is 4.61. The van der Waals surface area contributed by atoms with E-state index in [-0.39, 0.29) is 5.91 Å². The first-order valence-electron chi connectivity index (χ1n) is 8.76. The van der Waals surface area contributed by atoms with Crippen molar-refractivity contribution in [3.63, 3.8) is 0 Å². The van der Waals surface area contributed by atoms with Gasteiger partial charge in [-0.3, -0.25) is 9.69 Å². The van der Waals surface area contributed by atoms with Crippen molar-refractivity contribution >= 4 is 46.3 Å². The van der Waals surface area contributed by atoms with E-state index in [0.717, 1.165) is 11.1 Å². The first-order valence-corrected chi connectivity index (χ1v) is 9.98. The van der Waals surface area contributed by atoms with E-state index < -0.39 is 5.97 Å². The van der Waals surface area contributed by atoms with Gasteiger partial charge in [0, 0.05) is 6.54 Å². The second kappa shape index (κ2) is 9.07. The first-order chi connectivity index (χ1) is 13.9. The van der Waals surface area contributed by atoms with Crippen molar-refractivity contribution < 1.29 is 19.1 Å². The van der Waals surface area contributed by atoms with E-state index in [0.29, 0.717) is 32.8 Å². The monoisotopic (exact) mass is 425 g/mol. The Hall–Kier alpha value is -2.90. The fourth-order valence-electron chi connectivity index (χ4n) is 2.64. The largest absolute Gasteiger partial charge is 0.493 e. The van der Waals surface area contributed by atoms with Crippen LogP contribution < -0.4 is 9.47 Å². The van der Waals surface area contributed by atoms with Crippen LogP contribution in [0.1, 0.15) is 21.5 Å². The van der Waals surface area contributed by atoms with Gasteiger partial charge < -0.3 is 9.47 Å². The van der Waals surface area contributed by atoms with Crippen LogP contribution in [0.2, 0.25) is 0 Å². The average molecular weight is 426 g/mol. The van der Waals surface area contributed by atoms with Gasteiger partial charge >= 0.3 is 5.97 Å². The van der Waals surface area contributed by atoms with Crippen LogP contribution in [0.25, 0.3) is 6.08 Å². The molecule has 3 rings (SSSR count). The Morgan fingerprint density at radius 2 is 1.93 bits per heavy atom. The molecule has 0 unspecified atom stereocenters. The predicted molar refractivity (Wildman–Crippen MR) is 119 cm³/mol. The summed E-state index contributed by atoms with van der Waals surface area (Å²) in [5, 5.41) is 0. The maximum absolute atomic E-state index is 12.5. The Morgan fingerprint density at radius 3 is 2.59 bits per heavy atom. The lowest BCUT2D eigenvalue weighted by Crippen LogP contribution is -2.27. The summed E-state index contributed by atoms with van der Waals surface area (Å²) in [4.78, 5) is 26.8. The molecule has 1 saturated heterocycles. The Balaban J connectivity index is 1.81. The lowest BCUT2D eigenvalue weighted by atomic mass is 10.1. The second-order valence-corrected chi connectivity index (χ2v) is 7.92. The van der Waals surface area contributed by atoms with Gasteiger partial charge in [-0.05, 0) is 42.8 Å². The SMILES string of the molecule is C=CCN1C(=O)/C(=C/c2ccc(OC(=O)c3ccc(C)cc3)c(OC)c2)SC1=S. The number of hydrogen-bond acceptors (Lipinski definition) is 6. The standard InChI is InChI=1S/C22H19NO4S2/c1-4-11-23-20(24)19(29-22(23)28)13-15-7-10-17(18(12-15)26-3)27-21(25)16-8-5-14(2)6-9-16/h4-10,12-13H,1,11H2,2-3H3/b19-13-. The van der Waals surface area contributed by atoms with Crippen LogP contribution in [0, 0.1) is 6.92 Å². The maximum Gasteiger partial charge on any atom is 0.343 e. The fraction of sp³-hybridized carbons (Fsp3) is 0.136. The normalized spacial score (nSPS) is 15.0. The topological polar surface area (TPSA) is 55.8 Å². The first kappa shape index (κ1) is 20.8. The molecule has 0 aromatic heterocycles. The van der Waals surface area contributed by atoms with Gasteiger partial charge in [-0.25, -0.2) is 4.79 Å². The van der Waals surface area contributed by atoms with Crippen molar-refractivity contribution in [2.24, 2.45) is 0 Å². The van der Waals surface area contributed by atoms with Crippen molar-refractivity contribution in [2.45, 2.75) is 6.92 Å². The summed E-state index contributed by atoms with van der Waals surface area (Å²) in [6, 6.07) is 12.2. The van der Waals surface area contributed by atoms with Gasteiger partial charge in [-0.1, -0.05) is 53.8 Å². The maximum atomic E-state index is 12.5. The minimum absolute atomic E-state index is 0.159. The van der Waals surface area contributed by atoms with Gasteiger partial charge in [0.25, 0.3) is 5.91 Å². The van der Waals surface area contributed by atoms with Crippen molar-refractivity contribution in [2.75, 3.05) is 13.7 Å². The number of nitrogens with zero attached hydrogens (tertiary/aromatic N) is 1. The molecule has 2 aromatic rings. The molecule has 0 spiro atoms. The summed E-state index contributed by atoms with van der Waals surface area (Å²) in [7, 11) is 1.49. The highest BCUT2D eigenvalue weighted by Crippen LogP contribution is 2.34. The lowest BCUT2D eigenvalue weighted by Gasteiger charge is -2.11. The highest BCUT2D eigenvalue weighted by atomic mass is 32.2. The average Bonchev–Trinajstić information content (AvgIpc) is 2.97. The van der Waals surface area contributed by atoms with Crippen molar-refractivity contribution in [1.82, 2.24) is 4.90 Å². The molecule has 1 aliphatic rings. The van der Waals surface area contributed by atoms with E-state index in [1.165, 1.54) is 23.8 Å². The van der Waals surface area contributed by atoms with E-state index in [4.69, 9.17) is 21.7 Å². The summed E-state index contributed by atoms with van der Waals surface area (Å²) >= 11 is 6.48. The van der Waals surface area contributed by atoms with E-state index in [9.17, 15) is 9.59 Å². The van der Waals surface area contributed by atoms with E-state index >= 15 is 0 Å². The number of ether oxygens (including phenoxy) is 2. The van der Waals surface area contributed by atoms with Crippen molar-refractivity contribution in [3.05, 3.63) is 76.7 Å². The molecular formula is C22H19NO4S2. The number of hydrogen-bond donors (Lipinski definition) is 0. The Bertz CT molecular complexity index is 1010. The number of thiocarbonyl (C=S) groups is 1. The van der Waals surface area contributed by atoms with Gasteiger partial charge in [0.2, 0.25) is 0 Å². The minimum Gasteiger partial charge on any atom is -0.493 e. The lowest BCUT2D eigenvalue weighted by molar-refractivity contribution is -0.121. The summed E-state index contributed by atoms with van der Waals surface area (Å²) < 4.78 is 11.3. The fourth-order valence-corrected chi connectivity index (χ4v) is 3.92. The van der Waals surface area contributed by atoms with Crippen LogP contribution in [0.15, 0.2) is 60.0 Å². The van der Waals surface area contributed by atoms with E-state index in [2.05, 4.69) is 6.58 Å². The number of carbonyl (C=O) groups is 2. The number of amides is 1. The van der Waals surface area contributed by atoms with E-state index in [1.54, 1.807) is 42.5 Å². The molecule has 1 amide bonds. The Morgan fingerprint density at radius 1 is 1.21 bits per heavy atom. The number of methoxy groups -OCH3 is 1. The van der Waals surface area contributed by atoms with Crippen LogP contribution in [0.3, 0.4) is 0 Å². The molecule has 2 aromatic carbocycles. The van der Waals surface area contributed by atoms with Crippen LogP contribution >= 0.6 is 24.0 Å². The zero-order chi connectivity index (χ0) is 21.0. The molecule has 5 nitrogen and oxygen atoms in total. The number of rotatable bonds is 6. The molecule has 0 N–H and O–H groups in total. The van der Waals surface area contributed by atoms with Gasteiger partial charge in [-0.2, -0.15) is 0 Å². The Labute approximate surface area is 179 Å². The molecule has 7 heteroatoms. The number of thioether (sulfide) groups is 1. The number of aryl methyl sites for hydroxylation is 1. The molecular weight excluding hydrogens is 406 g/mol. The van der Waals surface area contributed by atoms with Crippen LogP contribution in [0.4, 0.5) is 0 Å². The van der Waals surface area contributed by atoms with Gasteiger partial charge in [0.05, 0.1) is 17.6 Å². The quantitative estimate of drug-likeness (QED) is 0.221. The molecule has 1 fully saturated rings. The minimum atomic E-state index is -0.471. The number of benzene rings is 2. The molecule has 1 aliphatic heterocycles.